The van der Waals surface area contributed by atoms with Crippen LogP contribution in [0.25, 0.3) is 0 Å². The molecule has 2 atom stereocenters. The molecule has 1 aliphatic heterocycles. The first-order chi connectivity index (χ1) is 11.8. The highest BCUT2D eigenvalue weighted by molar-refractivity contribution is 5.74. The number of carbonyl (C=O) groups excluding carboxylic acids is 1. The summed E-state index contributed by atoms with van der Waals surface area (Å²) in [6.07, 6.45) is 0.676. The molecule has 24 heavy (non-hydrogen) atoms. The Hall–Kier alpha value is -2.84. The average Bonchev–Trinajstić information content (AvgIpc) is 3.09. The fourth-order valence-electron chi connectivity index (χ4n) is 2.86. The van der Waals surface area contributed by atoms with E-state index >= 15 is 0 Å². The number of urea groups is 1. The Kier molecular flexibility index (Phi) is 5.09. The largest absolute Gasteiger partial charge is 0.371 e. The molecule has 2 aromatic carbocycles. The van der Waals surface area contributed by atoms with Gasteiger partial charge in [-0.15, -0.1) is 0 Å². The molecule has 1 fully saturated rings. The van der Waals surface area contributed by atoms with Gasteiger partial charge in [-0.25, -0.2) is 4.79 Å². The van der Waals surface area contributed by atoms with Crippen molar-refractivity contribution in [2.75, 3.05) is 6.61 Å². The van der Waals surface area contributed by atoms with Gasteiger partial charge in [0, 0.05) is 13.2 Å². The normalized spacial score (nSPS) is 19.5. The van der Waals surface area contributed by atoms with Gasteiger partial charge in [0.25, 0.3) is 0 Å². The molecule has 0 unspecified atom stereocenters. The van der Waals surface area contributed by atoms with Crippen molar-refractivity contribution in [1.29, 1.82) is 5.26 Å². The predicted molar refractivity (Wildman–Crippen MR) is 90.1 cm³/mol. The van der Waals surface area contributed by atoms with E-state index in [-0.39, 0.29) is 18.2 Å². The zero-order chi connectivity index (χ0) is 16.8. The number of hydrogen-bond acceptors (Lipinski definition) is 3. The fraction of sp³-hybridized carbons (Fsp3) is 0.263. The molecular formula is C19H19N3O2. The highest BCUT2D eigenvalue weighted by Crippen LogP contribution is 2.28. The lowest BCUT2D eigenvalue weighted by atomic mass is 10.0. The Bertz CT molecular complexity index is 740. The molecule has 0 radical (unpaired) electrons. The summed E-state index contributed by atoms with van der Waals surface area (Å²) in [5.74, 6) is 0. The van der Waals surface area contributed by atoms with Gasteiger partial charge in [0.15, 0.2) is 0 Å². The minimum absolute atomic E-state index is 0.0437. The standard InChI is InChI=1S/C19H19N3O2/c20-12-14-5-4-6-15(11-14)13-21-19(23)22-17-9-10-24-18(17)16-7-2-1-3-8-16/h1-8,11,17-18H,9-10,13H2,(H2,21,22,23)/t17-,18+/m0/s1. The van der Waals surface area contributed by atoms with Crippen LogP contribution in [-0.2, 0) is 11.3 Å². The van der Waals surface area contributed by atoms with Gasteiger partial charge in [-0.3, -0.25) is 0 Å². The Balaban J connectivity index is 1.55. The molecule has 0 aliphatic carbocycles. The molecule has 2 aromatic rings. The third kappa shape index (κ3) is 3.92. The van der Waals surface area contributed by atoms with Crippen molar-refractivity contribution < 1.29 is 9.53 Å². The molecule has 2 N–H and O–H groups in total. The second-order valence-corrected chi connectivity index (χ2v) is 5.74. The van der Waals surface area contributed by atoms with Crippen LogP contribution in [0.1, 0.15) is 29.2 Å². The number of amides is 2. The van der Waals surface area contributed by atoms with E-state index in [0.29, 0.717) is 18.7 Å². The summed E-state index contributed by atoms with van der Waals surface area (Å²) < 4.78 is 5.77. The van der Waals surface area contributed by atoms with Crippen molar-refractivity contribution in [3.8, 4) is 6.07 Å². The highest BCUT2D eigenvalue weighted by atomic mass is 16.5. The Morgan fingerprint density at radius 1 is 1.21 bits per heavy atom. The zero-order valence-electron chi connectivity index (χ0n) is 13.2. The minimum atomic E-state index is -0.228. The van der Waals surface area contributed by atoms with Crippen LogP contribution in [-0.4, -0.2) is 18.7 Å². The maximum atomic E-state index is 12.2. The van der Waals surface area contributed by atoms with E-state index in [2.05, 4.69) is 16.7 Å². The number of nitrogens with one attached hydrogen (secondary N) is 2. The lowest BCUT2D eigenvalue weighted by Crippen LogP contribution is -2.43. The fourth-order valence-corrected chi connectivity index (χ4v) is 2.86. The van der Waals surface area contributed by atoms with E-state index in [0.717, 1.165) is 17.5 Å². The lowest BCUT2D eigenvalue weighted by Gasteiger charge is -2.20. The van der Waals surface area contributed by atoms with Crippen LogP contribution in [0.4, 0.5) is 4.79 Å². The van der Waals surface area contributed by atoms with Gasteiger partial charge in [-0.05, 0) is 29.7 Å². The second-order valence-electron chi connectivity index (χ2n) is 5.74. The third-order valence-electron chi connectivity index (χ3n) is 4.05. The maximum Gasteiger partial charge on any atom is 0.315 e. The summed E-state index contributed by atoms with van der Waals surface area (Å²) in [4.78, 5) is 12.2. The van der Waals surface area contributed by atoms with Crippen LogP contribution in [0.2, 0.25) is 0 Å². The van der Waals surface area contributed by atoms with Crippen LogP contribution in [0.5, 0.6) is 0 Å². The summed E-state index contributed by atoms with van der Waals surface area (Å²) in [6, 6.07) is 18.9. The number of nitrogens with zero attached hydrogens (tertiary/aromatic N) is 1. The summed E-state index contributed by atoms with van der Waals surface area (Å²) in [5, 5.41) is 14.7. The van der Waals surface area contributed by atoms with Crippen molar-refractivity contribution in [2.45, 2.75) is 25.1 Å². The minimum Gasteiger partial charge on any atom is -0.371 e. The summed E-state index contributed by atoms with van der Waals surface area (Å²) >= 11 is 0. The molecule has 5 heteroatoms. The first-order valence-electron chi connectivity index (χ1n) is 7.96. The summed E-state index contributed by atoms with van der Waals surface area (Å²) in [6.45, 7) is 1.01. The smallest absolute Gasteiger partial charge is 0.315 e. The molecule has 1 saturated heterocycles. The van der Waals surface area contributed by atoms with Gasteiger partial charge in [-0.1, -0.05) is 42.5 Å². The quantitative estimate of drug-likeness (QED) is 0.909. The van der Waals surface area contributed by atoms with E-state index < -0.39 is 0 Å². The van der Waals surface area contributed by atoms with Crippen molar-refractivity contribution in [3.63, 3.8) is 0 Å². The van der Waals surface area contributed by atoms with E-state index in [1.54, 1.807) is 12.1 Å². The van der Waals surface area contributed by atoms with E-state index in [1.807, 2.05) is 42.5 Å². The number of carbonyl (C=O) groups is 1. The number of nitriles is 1. The SMILES string of the molecule is N#Cc1cccc(CNC(=O)N[C@H]2CCO[C@@H]2c2ccccc2)c1. The molecular weight excluding hydrogens is 302 g/mol. The van der Waals surface area contributed by atoms with Crippen LogP contribution in [0.3, 0.4) is 0 Å². The Morgan fingerprint density at radius 2 is 2.04 bits per heavy atom. The predicted octanol–water partition coefficient (Wildman–Crippen LogP) is 2.89. The van der Waals surface area contributed by atoms with Crippen molar-refractivity contribution in [2.24, 2.45) is 0 Å². The van der Waals surface area contributed by atoms with Gasteiger partial charge in [0.05, 0.1) is 17.7 Å². The molecule has 0 aromatic heterocycles. The average molecular weight is 321 g/mol. The van der Waals surface area contributed by atoms with Gasteiger partial charge in [0.1, 0.15) is 6.10 Å². The zero-order valence-corrected chi connectivity index (χ0v) is 13.2. The van der Waals surface area contributed by atoms with Gasteiger partial charge in [0.2, 0.25) is 0 Å². The van der Waals surface area contributed by atoms with E-state index in [9.17, 15) is 4.79 Å². The molecule has 0 spiro atoms. The van der Waals surface area contributed by atoms with Crippen molar-refractivity contribution in [1.82, 2.24) is 10.6 Å². The second kappa shape index (κ2) is 7.62. The lowest BCUT2D eigenvalue weighted by molar-refractivity contribution is 0.0999. The van der Waals surface area contributed by atoms with E-state index in [4.69, 9.17) is 10.00 Å². The number of rotatable bonds is 4. The maximum absolute atomic E-state index is 12.2. The Labute approximate surface area is 141 Å². The van der Waals surface area contributed by atoms with Gasteiger partial charge < -0.3 is 15.4 Å². The monoisotopic (exact) mass is 321 g/mol. The molecule has 5 nitrogen and oxygen atoms in total. The summed E-state index contributed by atoms with van der Waals surface area (Å²) in [7, 11) is 0. The molecule has 1 heterocycles. The molecule has 3 rings (SSSR count). The number of ether oxygens (including phenoxy) is 1. The molecule has 122 valence electrons. The number of benzene rings is 2. The van der Waals surface area contributed by atoms with Crippen LogP contribution in [0.15, 0.2) is 54.6 Å². The van der Waals surface area contributed by atoms with Gasteiger partial charge in [-0.2, -0.15) is 5.26 Å². The van der Waals surface area contributed by atoms with E-state index in [1.165, 1.54) is 0 Å². The molecule has 1 aliphatic rings. The highest BCUT2D eigenvalue weighted by Gasteiger charge is 2.30. The van der Waals surface area contributed by atoms with Crippen LogP contribution < -0.4 is 10.6 Å². The molecule has 0 bridgehead atoms. The van der Waals surface area contributed by atoms with Gasteiger partial charge >= 0.3 is 6.03 Å². The number of hydrogen-bond donors (Lipinski definition) is 2. The van der Waals surface area contributed by atoms with Crippen LogP contribution >= 0.6 is 0 Å². The van der Waals surface area contributed by atoms with Crippen LogP contribution in [0, 0.1) is 11.3 Å². The first-order valence-corrected chi connectivity index (χ1v) is 7.96. The van der Waals surface area contributed by atoms with Crippen molar-refractivity contribution >= 4 is 6.03 Å². The topological polar surface area (TPSA) is 74.2 Å². The molecule has 0 saturated carbocycles. The third-order valence-corrected chi connectivity index (χ3v) is 4.05. The first kappa shape index (κ1) is 16.0. The van der Waals surface area contributed by atoms with Crippen molar-refractivity contribution in [3.05, 3.63) is 71.3 Å². The Morgan fingerprint density at radius 3 is 2.83 bits per heavy atom. The molecule has 2 amide bonds. The summed E-state index contributed by atoms with van der Waals surface area (Å²) in [5.41, 5.74) is 2.55.